The maximum atomic E-state index is 11.6. The van der Waals surface area contributed by atoms with E-state index in [0.717, 1.165) is 6.92 Å². The van der Waals surface area contributed by atoms with Crippen molar-refractivity contribution in [1.29, 1.82) is 0 Å². The highest BCUT2D eigenvalue weighted by molar-refractivity contribution is 5.85. The van der Waals surface area contributed by atoms with Crippen LogP contribution in [0.1, 0.15) is 26.7 Å². The van der Waals surface area contributed by atoms with E-state index in [0.29, 0.717) is 6.29 Å². The molecule has 0 saturated heterocycles. The van der Waals surface area contributed by atoms with Crippen LogP contribution >= 0.6 is 0 Å². The summed E-state index contributed by atoms with van der Waals surface area (Å²) >= 11 is 0. The Kier molecular flexibility index (Phi) is 9.17. The quantitative estimate of drug-likeness (QED) is 0.326. The van der Waals surface area contributed by atoms with Crippen molar-refractivity contribution in [1.82, 2.24) is 0 Å². The zero-order chi connectivity index (χ0) is 20.6. The summed E-state index contributed by atoms with van der Waals surface area (Å²) < 4.78 is 0. The van der Waals surface area contributed by atoms with Crippen LogP contribution in [0.2, 0.25) is 0 Å². The standard InChI is InChI=1S/C16H22O10/c1-3-8(5-17)12(16(25)26)10(14(21)22)4-9(6-18)11(15(23)24)7(2)13(19)20/h5-12H,3-4H2,1-2H3,(H,19,20)(H,21,22)(H,23,24)(H,25,26). The Labute approximate surface area is 148 Å². The first-order chi connectivity index (χ1) is 12.0. The minimum atomic E-state index is -1.74. The molecule has 0 rings (SSSR count). The van der Waals surface area contributed by atoms with Crippen LogP contribution in [0, 0.1) is 35.5 Å². The maximum absolute atomic E-state index is 11.6. The Morgan fingerprint density at radius 1 is 0.769 bits per heavy atom. The highest BCUT2D eigenvalue weighted by Gasteiger charge is 2.44. The van der Waals surface area contributed by atoms with Crippen molar-refractivity contribution in [3.63, 3.8) is 0 Å². The second kappa shape index (κ2) is 10.3. The molecule has 146 valence electrons. The molecule has 10 nitrogen and oxygen atoms in total. The SMILES string of the molecule is CCC(C=O)C(C(=O)O)C(CC(C=O)C(C(=O)O)C(C)C(=O)O)C(=O)O. The van der Waals surface area contributed by atoms with Crippen LogP contribution in [-0.4, -0.2) is 56.9 Å². The number of rotatable bonds is 13. The Hall–Kier alpha value is -2.78. The summed E-state index contributed by atoms with van der Waals surface area (Å²) in [5, 5.41) is 37.0. The molecule has 6 unspecified atom stereocenters. The molecule has 26 heavy (non-hydrogen) atoms. The van der Waals surface area contributed by atoms with Crippen molar-refractivity contribution >= 4 is 36.4 Å². The predicted molar refractivity (Wildman–Crippen MR) is 84.2 cm³/mol. The Balaban J connectivity index is 5.93. The van der Waals surface area contributed by atoms with Gasteiger partial charge in [0.15, 0.2) is 0 Å². The number of carboxylic acid groups (broad SMARTS) is 4. The molecule has 0 heterocycles. The molecule has 4 N–H and O–H groups in total. The molecule has 0 radical (unpaired) electrons. The molecule has 0 aliphatic rings. The largest absolute Gasteiger partial charge is 0.481 e. The van der Waals surface area contributed by atoms with Gasteiger partial charge in [0.2, 0.25) is 0 Å². The summed E-state index contributed by atoms with van der Waals surface area (Å²) in [6.45, 7) is 2.54. The lowest BCUT2D eigenvalue weighted by atomic mass is 9.72. The summed E-state index contributed by atoms with van der Waals surface area (Å²) in [7, 11) is 0. The van der Waals surface area contributed by atoms with E-state index in [-0.39, 0.29) is 12.7 Å². The third-order valence-corrected chi connectivity index (χ3v) is 4.52. The van der Waals surface area contributed by atoms with E-state index < -0.39 is 65.8 Å². The first-order valence-electron chi connectivity index (χ1n) is 7.85. The first-order valence-corrected chi connectivity index (χ1v) is 7.85. The topological polar surface area (TPSA) is 183 Å². The van der Waals surface area contributed by atoms with Gasteiger partial charge in [-0.2, -0.15) is 0 Å². The lowest BCUT2D eigenvalue weighted by molar-refractivity contribution is -0.161. The van der Waals surface area contributed by atoms with Crippen molar-refractivity contribution in [3.05, 3.63) is 0 Å². The van der Waals surface area contributed by atoms with Gasteiger partial charge in [0, 0.05) is 11.8 Å². The van der Waals surface area contributed by atoms with Crippen LogP contribution in [-0.2, 0) is 28.8 Å². The van der Waals surface area contributed by atoms with E-state index in [9.17, 15) is 44.1 Å². The van der Waals surface area contributed by atoms with Crippen molar-refractivity contribution in [3.8, 4) is 0 Å². The monoisotopic (exact) mass is 374 g/mol. The van der Waals surface area contributed by atoms with E-state index in [1.54, 1.807) is 0 Å². The fourth-order valence-corrected chi connectivity index (χ4v) is 2.99. The lowest BCUT2D eigenvalue weighted by Crippen LogP contribution is -2.41. The summed E-state index contributed by atoms with van der Waals surface area (Å²) in [6.07, 6.45) is -0.257. The van der Waals surface area contributed by atoms with E-state index in [2.05, 4.69) is 0 Å². The minimum Gasteiger partial charge on any atom is -0.481 e. The molecule has 10 heteroatoms. The number of carboxylic acids is 4. The fraction of sp³-hybridized carbons (Fsp3) is 0.625. The number of hydrogen-bond donors (Lipinski definition) is 4. The van der Waals surface area contributed by atoms with Gasteiger partial charge in [-0.3, -0.25) is 19.2 Å². The second-order valence-electron chi connectivity index (χ2n) is 6.04. The van der Waals surface area contributed by atoms with Crippen LogP contribution < -0.4 is 0 Å². The predicted octanol–water partition coefficient (Wildman–Crippen LogP) is 0.240. The first kappa shape index (κ1) is 23.2. The number of carbonyl (C=O) groups excluding carboxylic acids is 2. The van der Waals surface area contributed by atoms with Gasteiger partial charge in [0.1, 0.15) is 12.6 Å². The molecule has 0 fully saturated rings. The van der Waals surface area contributed by atoms with Gasteiger partial charge in [-0.05, 0) is 12.8 Å². The molecule has 0 aromatic rings. The van der Waals surface area contributed by atoms with E-state index in [4.69, 9.17) is 5.11 Å². The highest BCUT2D eigenvalue weighted by atomic mass is 16.4. The van der Waals surface area contributed by atoms with Crippen LogP contribution in [0.3, 0.4) is 0 Å². The normalized spacial score (nSPS) is 17.8. The van der Waals surface area contributed by atoms with Crippen molar-refractivity contribution in [2.75, 3.05) is 0 Å². The Morgan fingerprint density at radius 3 is 1.50 bits per heavy atom. The van der Waals surface area contributed by atoms with Gasteiger partial charge in [-0.1, -0.05) is 13.8 Å². The molecule has 0 aromatic heterocycles. The lowest BCUT2D eigenvalue weighted by Gasteiger charge is -2.29. The molecule has 0 spiro atoms. The molecule has 0 aliphatic carbocycles. The van der Waals surface area contributed by atoms with Gasteiger partial charge in [0.05, 0.1) is 23.7 Å². The fourth-order valence-electron chi connectivity index (χ4n) is 2.99. The number of aliphatic carboxylic acids is 4. The summed E-state index contributed by atoms with van der Waals surface area (Å²) in [5.74, 6) is -15.7. The zero-order valence-corrected chi connectivity index (χ0v) is 14.3. The minimum absolute atomic E-state index is 0.0316. The average Bonchev–Trinajstić information content (AvgIpc) is 2.55. The summed E-state index contributed by atoms with van der Waals surface area (Å²) in [6, 6.07) is 0. The van der Waals surface area contributed by atoms with E-state index in [1.165, 1.54) is 6.92 Å². The van der Waals surface area contributed by atoms with E-state index >= 15 is 0 Å². The molecule has 0 bridgehead atoms. The number of aldehydes is 2. The van der Waals surface area contributed by atoms with Gasteiger partial charge in [0.25, 0.3) is 0 Å². The Bertz CT molecular complexity index is 569. The van der Waals surface area contributed by atoms with Crippen molar-refractivity contribution < 1.29 is 49.2 Å². The van der Waals surface area contributed by atoms with Gasteiger partial charge in [-0.15, -0.1) is 0 Å². The third kappa shape index (κ3) is 5.64. The molecular weight excluding hydrogens is 352 g/mol. The van der Waals surface area contributed by atoms with E-state index in [1.807, 2.05) is 0 Å². The van der Waals surface area contributed by atoms with Crippen LogP contribution in [0.5, 0.6) is 0 Å². The molecule has 6 atom stereocenters. The molecule has 0 saturated carbocycles. The van der Waals surface area contributed by atoms with Crippen LogP contribution in [0.4, 0.5) is 0 Å². The van der Waals surface area contributed by atoms with Crippen molar-refractivity contribution in [2.24, 2.45) is 35.5 Å². The average molecular weight is 374 g/mol. The van der Waals surface area contributed by atoms with Crippen LogP contribution in [0.15, 0.2) is 0 Å². The van der Waals surface area contributed by atoms with Gasteiger partial charge in [-0.25, -0.2) is 0 Å². The van der Waals surface area contributed by atoms with Crippen LogP contribution in [0.25, 0.3) is 0 Å². The summed E-state index contributed by atoms with van der Waals surface area (Å²) in [4.78, 5) is 68.0. The summed E-state index contributed by atoms with van der Waals surface area (Å²) in [5.41, 5.74) is 0. The third-order valence-electron chi connectivity index (χ3n) is 4.52. The van der Waals surface area contributed by atoms with Gasteiger partial charge < -0.3 is 30.0 Å². The zero-order valence-electron chi connectivity index (χ0n) is 14.3. The number of carbonyl (C=O) groups is 6. The van der Waals surface area contributed by atoms with Gasteiger partial charge >= 0.3 is 23.9 Å². The number of hydrogen-bond acceptors (Lipinski definition) is 6. The molecular formula is C16H22O10. The smallest absolute Gasteiger partial charge is 0.308 e. The molecule has 0 amide bonds. The Morgan fingerprint density at radius 2 is 1.23 bits per heavy atom. The van der Waals surface area contributed by atoms with Crippen molar-refractivity contribution in [2.45, 2.75) is 26.7 Å². The second-order valence-corrected chi connectivity index (χ2v) is 6.04. The molecule has 0 aliphatic heterocycles. The highest BCUT2D eigenvalue weighted by Crippen LogP contribution is 2.33. The molecule has 0 aromatic carbocycles. The maximum Gasteiger partial charge on any atom is 0.308 e.